The van der Waals surface area contributed by atoms with Gasteiger partial charge in [0.1, 0.15) is 9.77 Å². The van der Waals surface area contributed by atoms with E-state index in [2.05, 4.69) is 4.98 Å². The Hall–Kier alpha value is -0.720. The highest BCUT2D eigenvalue weighted by Crippen LogP contribution is 2.15. The second-order valence-corrected chi connectivity index (χ2v) is 2.73. The highest BCUT2D eigenvalue weighted by molar-refractivity contribution is 14.1. The van der Waals surface area contributed by atoms with E-state index in [1.165, 1.54) is 6.20 Å². The molecule has 0 amide bonds. The third kappa shape index (κ3) is 1.41. The predicted octanol–water partition coefficient (Wildman–Crippen LogP) is 1.59. The van der Waals surface area contributed by atoms with Crippen LogP contribution in [0.4, 0.5) is 5.82 Å². The van der Waals surface area contributed by atoms with E-state index in [9.17, 15) is 10.1 Å². The summed E-state index contributed by atoms with van der Waals surface area (Å²) in [5.74, 6) is -0.0805. The second-order valence-electron chi connectivity index (χ2n) is 1.57. The zero-order valence-corrected chi connectivity index (χ0v) is 6.98. The van der Waals surface area contributed by atoms with Crippen LogP contribution >= 0.6 is 22.6 Å². The molecule has 0 saturated heterocycles. The Labute approximate surface area is 70.6 Å². The summed E-state index contributed by atoms with van der Waals surface area (Å²) in [5.41, 5.74) is 0. The second kappa shape index (κ2) is 2.91. The molecule has 0 unspecified atom stereocenters. The van der Waals surface area contributed by atoms with Crippen LogP contribution in [-0.4, -0.2) is 9.91 Å². The Morgan fingerprint density at radius 2 is 2.40 bits per heavy atom. The fourth-order valence-electron chi connectivity index (χ4n) is 0.512. The molecule has 0 aliphatic carbocycles. The van der Waals surface area contributed by atoms with Crippen molar-refractivity contribution in [1.82, 2.24) is 4.98 Å². The van der Waals surface area contributed by atoms with Gasteiger partial charge in [-0.15, -0.1) is 0 Å². The van der Waals surface area contributed by atoms with E-state index in [-0.39, 0.29) is 5.82 Å². The largest absolute Gasteiger partial charge is 0.376 e. The van der Waals surface area contributed by atoms with E-state index < -0.39 is 4.92 Å². The first kappa shape index (κ1) is 7.39. The monoisotopic (exact) mass is 250 g/mol. The maximum Gasteiger partial charge on any atom is 0.376 e. The van der Waals surface area contributed by atoms with Crippen LogP contribution in [0.25, 0.3) is 0 Å². The summed E-state index contributed by atoms with van der Waals surface area (Å²) in [5, 5.41) is 10.2. The molecule has 1 aromatic heterocycles. The van der Waals surface area contributed by atoms with Crippen LogP contribution in [0.3, 0.4) is 0 Å². The minimum absolute atomic E-state index is 0.0805. The number of nitrogens with zero attached hydrogens (tertiary/aromatic N) is 2. The van der Waals surface area contributed by atoms with Crippen molar-refractivity contribution in [3.63, 3.8) is 0 Å². The van der Waals surface area contributed by atoms with E-state index in [1.807, 2.05) is 22.6 Å². The minimum Gasteiger partial charge on any atom is -0.358 e. The molecule has 1 rings (SSSR count). The molecule has 10 heavy (non-hydrogen) atoms. The van der Waals surface area contributed by atoms with Crippen LogP contribution in [0.2, 0.25) is 0 Å². The van der Waals surface area contributed by atoms with Crippen molar-refractivity contribution >= 4 is 28.4 Å². The Morgan fingerprint density at radius 1 is 1.70 bits per heavy atom. The molecule has 0 aliphatic heterocycles. The van der Waals surface area contributed by atoms with Gasteiger partial charge in [-0.3, -0.25) is 0 Å². The lowest BCUT2D eigenvalue weighted by atomic mass is 10.5. The molecule has 0 aromatic carbocycles. The quantitative estimate of drug-likeness (QED) is 0.432. The molecule has 0 N–H and O–H groups in total. The predicted molar refractivity (Wildman–Crippen MR) is 43.6 cm³/mol. The van der Waals surface area contributed by atoms with Gasteiger partial charge < -0.3 is 10.1 Å². The number of pyridine rings is 1. The van der Waals surface area contributed by atoms with E-state index in [0.29, 0.717) is 3.57 Å². The van der Waals surface area contributed by atoms with Gasteiger partial charge in [-0.1, -0.05) is 0 Å². The Bertz CT molecular complexity index is 264. The summed E-state index contributed by atoms with van der Waals surface area (Å²) >= 11 is 1.87. The van der Waals surface area contributed by atoms with Crippen LogP contribution in [0.1, 0.15) is 0 Å². The molecule has 0 atom stereocenters. The summed E-state index contributed by atoms with van der Waals surface area (Å²) in [6.45, 7) is 0. The highest BCUT2D eigenvalue weighted by Gasteiger charge is 2.09. The first-order chi connectivity index (χ1) is 4.72. The third-order valence-electron chi connectivity index (χ3n) is 0.912. The van der Waals surface area contributed by atoms with Crippen molar-refractivity contribution in [3.8, 4) is 0 Å². The molecule has 1 heterocycles. The third-order valence-corrected chi connectivity index (χ3v) is 1.75. The average molecular weight is 250 g/mol. The lowest BCUT2D eigenvalue weighted by Gasteiger charge is -1.91. The summed E-state index contributed by atoms with van der Waals surface area (Å²) in [6, 6.07) is 3.31. The molecular formula is C5H3IN2O2. The number of nitro groups is 1. The van der Waals surface area contributed by atoms with Crippen LogP contribution < -0.4 is 0 Å². The van der Waals surface area contributed by atoms with Crippen molar-refractivity contribution in [2.24, 2.45) is 0 Å². The molecule has 0 fully saturated rings. The number of rotatable bonds is 1. The van der Waals surface area contributed by atoms with Gasteiger partial charge in [-0.05, 0) is 44.6 Å². The van der Waals surface area contributed by atoms with Gasteiger partial charge in [-0.2, -0.15) is 0 Å². The lowest BCUT2D eigenvalue weighted by Crippen LogP contribution is -1.93. The van der Waals surface area contributed by atoms with Crippen LogP contribution in [0, 0.1) is 13.7 Å². The smallest absolute Gasteiger partial charge is 0.358 e. The van der Waals surface area contributed by atoms with Gasteiger partial charge in [0.2, 0.25) is 0 Å². The van der Waals surface area contributed by atoms with Gasteiger partial charge >= 0.3 is 5.82 Å². The van der Waals surface area contributed by atoms with Crippen molar-refractivity contribution in [2.45, 2.75) is 0 Å². The molecule has 0 spiro atoms. The van der Waals surface area contributed by atoms with Gasteiger partial charge in [0.15, 0.2) is 0 Å². The Kier molecular flexibility index (Phi) is 2.15. The number of hydrogen-bond donors (Lipinski definition) is 0. The summed E-state index contributed by atoms with van der Waals surface area (Å²) < 4.78 is 0.560. The molecule has 1 aromatic rings. The number of aromatic nitrogens is 1. The molecule has 4 nitrogen and oxygen atoms in total. The molecular weight excluding hydrogens is 247 g/mol. The maximum absolute atomic E-state index is 10.2. The zero-order chi connectivity index (χ0) is 7.56. The van der Waals surface area contributed by atoms with Crippen molar-refractivity contribution < 1.29 is 4.92 Å². The highest BCUT2D eigenvalue weighted by atomic mass is 127. The van der Waals surface area contributed by atoms with E-state index >= 15 is 0 Å². The Morgan fingerprint density at radius 3 is 2.80 bits per heavy atom. The van der Waals surface area contributed by atoms with Crippen molar-refractivity contribution in [2.75, 3.05) is 0 Å². The standard InChI is InChI=1S/C5H3IN2O2/c6-4-2-1-3-7-5(4)8(9)10/h1-3H. The molecule has 0 bridgehead atoms. The van der Waals surface area contributed by atoms with Crippen LogP contribution in [-0.2, 0) is 0 Å². The van der Waals surface area contributed by atoms with Gasteiger partial charge in [-0.25, -0.2) is 0 Å². The van der Waals surface area contributed by atoms with E-state index in [4.69, 9.17) is 0 Å². The zero-order valence-electron chi connectivity index (χ0n) is 4.82. The molecule has 5 heteroatoms. The minimum atomic E-state index is -0.498. The van der Waals surface area contributed by atoms with E-state index in [1.54, 1.807) is 12.1 Å². The van der Waals surface area contributed by atoms with E-state index in [0.717, 1.165) is 0 Å². The van der Waals surface area contributed by atoms with Gasteiger partial charge in [0, 0.05) is 0 Å². The SMILES string of the molecule is O=[N+]([O-])c1ncccc1I. The van der Waals surface area contributed by atoms with Crippen molar-refractivity contribution in [3.05, 3.63) is 32.0 Å². The normalized spacial score (nSPS) is 9.30. The number of halogens is 1. The average Bonchev–Trinajstić information content (AvgIpc) is 1.88. The Balaban J connectivity index is 3.15. The molecule has 0 aliphatic rings. The number of hydrogen-bond acceptors (Lipinski definition) is 3. The van der Waals surface area contributed by atoms with Crippen LogP contribution in [0.15, 0.2) is 18.3 Å². The first-order valence-electron chi connectivity index (χ1n) is 2.46. The van der Waals surface area contributed by atoms with Crippen LogP contribution in [0.5, 0.6) is 0 Å². The van der Waals surface area contributed by atoms with Crippen molar-refractivity contribution in [1.29, 1.82) is 0 Å². The lowest BCUT2D eigenvalue weighted by molar-refractivity contribution is -0.390. The fraction of sp³-hybridized carbons (Fsp3) is 0. The fourth-order valence-corrected chi connectivity index (χ4v) is 1.06. The first-order valence-corrected chi connectivity index (χ1v) is 3.54. The summed E-state index contributed by atoms with van der Waals surface area (Å²) in [7, 11) is 0. The molecule has 52 valence electrons. The van der Waals surface area contributed by atoms with Gasteiger partial charge in [0.05, 0.1) is 0 Å². The topological polar surface area (TPSA) is 56.0 Å². The maximum atomic E-state index is 10.2. The summed E-state index contributed by atoms with van der Waals surface area (Å²) in [4.78, 5) is 13.2. The molecule has 0 saturated carbocycles. The molecule has 0 radical (unpaired) electrons. The van der Waals surface area contributed by atoms with Gasteiger partial charge in [0.25, 0.3) is 0 Å². The summed E-state index contributed by atoms with van der Waals surface area (Å²) in [6.07, 6.45) is 1.40.